The highest BCUT2D eigenvalue weighted by molar-refractivity contribution is 5.84. The molecule has 4 nitrogen and oxygen atoms in total. The number of aromatic nitrogens is 1. The summed E-state index contributed by atoms with van der Waals surface area (Å²) in [5.41, 5.74) is 4.71. The number of piperidine rings is 1. The van der Waals surface area contributed by atoms with Gasteiger partial charge in [-0.1, -0.05) is 30.3 Å². The van der Waals surface area contributed by atoms with Crippen LogP contribution in [0.15, 0.2) is 54.6 Å². The fourth-order valence-corrected chi connectivity index (χ4v) is 5.07. The zero-order chi connectivity index (χ0) is 21.4. The van der Waals surface area contributed by atoms with Crippen LogP contribution in [0.25, 0.3) is 10.9 Å². The van der Waals surface area contributed by atoms with Crippen LogP contribution in [0, 0.1) is 0 Å². The minimum absolute atomic E-state index is 0.119. The average molecular weight is 404 g/mol. The number of rotatable bonds is 5. The maximum Gasteiger partial charge on any atom is 0.217 e. The van der Waals surface area contributed by atoms with Gasteiger partial charge in [-0.15, -0.1) is 0 Å². The van der Waals surface area contributed by atoms with E-state index in [1.54, 1.807) is 7.11 Å². The van der Waals surface area contributed by atoms with Gasteiger partial charge in [0.15, 0.2) is 0 Å². The van der Waals surface area contributed by atoms with Gasteiger partial charge in [0, 0.05) is 40.2 Å². The van der Waals surface area contributed by atoms with E-state index in [0.29, 0.717) is 11.9 Å². The second-order valence-electron chi connectivity index (χ2n) is 9.87. The Morgan fingerprint density at radius 2 is 1.70 bits per heavy atom. The number of nitrogens with zero attached hydrogens (tertiary/aromatic N) is 1. The van der Waals surface area contributed by atoms with E-state index in [2.05, 4.69) is 86.9 Å². The van der Waals surface area contributed by atoms with Crippen LogP contribution in [0.3, 0.4) is 0 Å². The highest BCUT2D eigenvalue weighted by Crippen LogP contribution is 2.32. The quantitative estimate of drug-likeness (QED) is 0.586. The number of benzene rings is 2. The van der Waals surface area contributed by atoms with Gasteiger partial charge in [-0.25, -0.2) is 4.98 Å². The molecule has 1 aromatic heterocycles. The summed E-state index contributed by atoms with van der Waals surface area (Å²) >= 11 is 0. The Bertz CT molecular complexity index is 1010. The van der Waals surface area contributed by atoms with Gasteiger partial charge < -0.3 is 15.4 Å². The van der Waals surface area contributed by atoms with Gasteiger partial charge in [0.25, 0.3) is 0 Å². The number of nitrogens with one attached hydrogen (secondary N) is 2. The molecule has 158 valence electrons. The molecule has 0 aliphatic carbocycles. The number of fused-ring (bicyclic) bond motifs is 1. The molecule has 0 atom stereocenters. The van der Waals surface area contributed by atoms with Crippen molar-refractivity contribution in [2.45, 2.75) is 64.1 Å². The molecular weight excluding hydrogens is 370 g/mol. The fourth-order valence-electron chi connectivity index (χ4n) is 5.07. The SMILES string of the molecule is COc1nc2ccc(NC3CC(C)(C)NC(C)(C)C3)cc2cc1Cc1ccccc1. The molecule has 0 unspecified atom stereocenters. The summed E-state index contributed by atoms with van der Waals surface area (Å²) in [4.78, 5) is 4.76. The monoisotopic (exact) mass is 403 g/mol. The Labute approximate surface area is 180 Å². The van der Waals surface area contributed by atoms with Gasteiger partial charge in [-0.05, 0) is 70.4 Å². The number of hydrogen-bond donors (Lipinski definition) is 2. The van der Waals surface area contributed by atoms with Crippen molar-refractivity contribution in [3.05, 3.63) is 65.7 Å². The van der Waals surface area contributed by atoms with Gasteiger partial charge in [-0.3, -0.25) is 0 Å². The Balaban J connectivity index is 1.61. The third kappa shape index (κ3) is 4.76. The zero-order valence-electron chi connectivity index (χ0n) is 18.8. The minimum Gasteiger partial charge on any atom is -0.481 e. The number of ether oxygens (including phenoxy) is 1. The molecule has 0 saturated carbocycles. The molecule has 1 fully saturated rings. The summed E-state index contributed by atoms with van der Waals surface area (Å²) in [5.74, 6) is 0.703. The summed E-state index contributed by atoms with van der Waals surface area (Å²) < 4.78 is 5.59. The second-order valence-corrected chi connectivity index (χ2v) is 9.87. The van der Waals surface area contributed by atoms with Crippen LogP contribution >= 0.6 is 0 Å². The van der Waals surface area contributed by atoms with E-state index in [-0.39, 0.29) is 11.1 Å². The second kappa shape index (κ2) is 7.92. The molecule has 3 aromatic rings. The lowest BCUT2D eigenvalue weighted by Gasteiger charge is -2.47. The lowest BCUT2D eigenvalue weighted by Crippen LogP contribution is -2.60. The molecule has 4 heteroatoms. The molecule has 2 aromatic carbocycles. The van der Waals surface area contributed by atoms with E-state index in [0.717, 1.165) is 41.4 Å². The molecule has 0 bridgehead atoms. The van der Waals surface area contributed by atoms with E-state index in [1.807, 2.05) is 6.07 Å². The Morgan fingerprint density at radius 1 is 1.00 bits per heavy atom. The maximum absolute atomic E-state index is 5.59. The first-order valence-electron chi connectivity index (χ1n) is 10.8. The largest absolute Gasteiger partial charge is 0.481 e. The molecule has 2 heterocycles. The van der Waals surface area contributed by atoms with Crippen molar-refractivity contribution in [1.82, 2.24) is 10.3 Å². The number of methoxy groups -OCH3 is 1. The van der Waals surface area contributed by atoms with Gasteiger partial charge in [0.05, 0.1) is 12.6 Å². The van der Waals surface area contributed by atoms with Gasteiger partial charge in [0.2, 0.25) is 5.88 Å². The van der Waals surface area contributed by atoms with Crippen molar-refractivity contribution in [1.29, 1.82) is 0 Å². The maximum atomic E-state index is 5.59. The van der Waals surface area contributed by atoms with Gasteiger partial charge >= 0.3 is 0 Å². The van der Waals surface area contributed by atoms with Crippen LogP contribution in [-0.2, 0) is 6.42 Å². The number of anilines is 1. The van der Waals surface area contributed by atoms with Crippen molar-refractivity contribution >= 4 is 16.6 Å². The highest BCUT2D eigenvalue weighted by atomic mass is 16.5. The van der Waals surface area contributed by atoms with Crippen LogP contribution in [0.4, 0.5) is 5.69 Å². The molecule has 1 saturated heterocycles. The predicted molar refractivity (Wildman–Crippen MR) is 125 cm³/mol. The summed E-state index contributed by atoms with van der Waals surface area (Å²) in [6.45, 7) is 9.15. The first kappa shape index (κ1) is 20.7. The highest BCUT2D eigenvalue weighted by Gasteiger charge is 2.37. The fraction of sp³-hybridized carbons (Fsp3) is 0.423. The Kier molecular flexibility index (Phi) is 5.46. The van der Waals surface area contributed by atoms with Crippen molar-refractivity contribution in [3.63, 3.8) is 0 Å². The van der Waals surface area contributed by atoms with Crippen LogP contribution in [-0.4, -0.2) is 29.2 Å². The van der Waals surface area contributed by atoms with Crippen LogP contribution in [0.1, 0.15) is 51.7 Å². The number of hydrogen-bond acceptors (Lipinski definition) is 4. The van der Waals surface area contributed by atoms with Crippen molar-refractivity contribution in [3.8, 4) is 5.88 Å². The summed E-state index contributed by atoms with van der Waals surface area (Å²) in [5, 5.41) is 8.68. The first-order chi connectivity index (χ1) is 14.2. The molecule has 30 heavy (non-hydrogen) atoms. The van der Waals surface area contributed by atoms with E-state index in [9.17, 15) is 0 Å². The van der Waals surface area contributed by atoms with E-state index < -0.39 is 0 Å². The first-order valence-corrected chi connectivity index (χ1v) is 10.8. The predicted octanol–water partition coefficient (Wildman–Crippen LogP) is 5.56. The normalized spacial score (nSPS) is 18.3. The Morgan fingerprint density at radius 3 is 2.37 bits per heavy atom. The van der Waals surface area contributed by atoms with E-state index in [1.165, 1.54) is 5.56 Å². The van der Waals surface area contributed by atoms with Crippen LogP contribution < -0.4 is 15.4 Å². The van der Waals surface area contributed by atoms with Crippen molar-refractivity contribution < 1.29 is 4.74 Å². The van der Waals surface area contributed by atoms with Crippen molar-refractivity contribution in [2.75, 3.05) is 12.4 Å². The van der Waals surface area contributed by atoms with E-state index in [4.69, 9.17) is 9.72 Å². The molecular formula is C26H33N3O. The molecule has 0 spiro atoms. The summed E-state index contributed by atoms with van der Waals surface area (Å²) in [6.07, 6.45) is 2.99. The zero-order valence-corrected chi connectivity index (χ0v) is 18.8. The molecule has 4 rings (SSSR count). The topological polar surface area (TPSA) is 46.2 Å². The standard InChI is InChI=1S/C26H33N3O/c1-25(2)16-22(17-26(3,4)29-25)27-21-11-12-23-19(15-21)14-20(24(28-23)30-5)13-18-9-7-6-8-10-18/h6-12,14-15,22,27,29H,13,16-17H2,1-5H3. The molecule has 0 radical (unpaired) electrons. The summed E-state index contributed by atoms with van der Waals surface area (Å²) in [6, 6.07) is 19.6. The Hall–Kier alpha value is -2.59. The third-order valence-corrected chi connectivity index (χ3v) is 5.85. The van der Waals surface area contributed by atoms with E-state index >= 15 is 0 Å². The van der Waals surface area contributed by atoms with Gasteiger partial charge in [0.1, 0.15) is 0 Å². The lowest BCUT2D eigenvalue weighted by atomic mass is 9.79. The summed E-state index contributed by atoms with van der Waals surface area (Å²) in [7, 11) is 1.69. The van der Waals surface area contributed by atoms with Crippen LogP contribution in [0.5, 0.6) is 5.88 Å². The average Bonchev–Trinajstić information content (AvgIpc) is 2.65. The molecule has 0 amide bonds. The molecule has 1 aliphatic heterocycles. The number of pyridine rings is 1. The molecule has 1 aliphatic rings. The lowest BCUT2D eigenvalue weighted by molar-refractivity contribution is 0.170. The smallest absolute Gasteiger partial charge is 0.217 e. The molecule has 2 N–H and O–H groups in total. The van der Waals surface area contributed by atoms with Gasteiger partial charge in [-0.2, -0.15) is 0 Å². The van der Waals surface area contributed by atoms with Crippen molar-refractivity contribution in [2.24, 2.45) is 0 Å². The minimum atomic E-state index is 0.119. The van der Waals surface area contributed by atoms with Crippen LogP contribution in [0.2, 0.25) is 0 Å². The third-order valence-electron chi connectivity index (χ3n) is 5.85.